The predicted octanol–water partition coefficient (Wildman–Crippen LogP) is 3.47. The molecule has 0 aliphatic rings. The van der Waals surface area contributed by atoms with Gasteiger partial charge in [-0.2, -0.15) is 0 Å². The van der Waals surface area contributed by atoms with Gasteiger partial charge in [-0.15, -0.1) is 11.6 Å². The second-order valence-electron chi connectivity index (χ2n) is 4.69. The van der Waals surface area contributed by atoms with Crippen molar-refractivity contribution in [3.8, 4) is 0 Å². The highest BCUT2D eigenvalue weighted by atomic mass is 35.5. The molecule has 4 nitrogen and oxygen atoms in total. The average molecular weight is 314 g/mol. The molecule has 1 amide bonds. The molecule has 108 valence electrons. The summed E-state index contributed by atoms with van der Waals surface area (Å²) in [6.07, 6.45) is 0. The van der Waals surface area contributed by atoms with Crippen LogP contribution in [0.4, 0.5) is 0 Å². The summed E-state index contributed by atoms with van der Waals surface area (Å²) in [4.78, 5) is 18.5. The molecule has 0 aliphatic carbocycles. The quantitative estimate of drug-likeness (QED) is 0.811. The maximum Gasteiger partial charge on any atom is 0.245 e. The Balaban J connectivity index is 2.56. The lowest BCUT2D eigenvalue weighted by molar-refractivity contribution is -0.132. The molecule has 0 saturated carbocycles. The van der Waals surface area contributed by atoms with Crippen molar-refractivity contribution in [2.24, 2.45) is 0 Å². The SMILES string of the molecule is CCN(C)C(=O)C(C)n1c(CCl)nc2ccc(Cl)cc21. The molecular formula is C14H17Cl2N3O. The highest BCUT2D eigenvalue weighted by Crippen LogP contribution is 2.26. The van der Waals surface area contributed by atoms with E-state index < -0.39 is 0 Å². The lowest BCUT2D eigenvalue weighted by Crippen LogP contribution is -2.33. The Morgan fingerprint density at radius 3 is 2.80 bits per heavy atom. The van der Waals surface area contributed by atoms with Gasteiger partial charge < -0.3 is 9.47 Å². The fourth-order valence-electron chi connectivity index (χ4n) is 2.23. The summed E-state index contributed by atoms with van der Waals surface area (Å²) in [6.45, 7) is 4.45. The van der Waals surface area contributed by atoms with Crippen molar-refractivity contribution >= 4 is 40.1 Å². The first-order valence-corrected chi connectivity index (χ1v) is 7.38. The molecule has 0 N–H and O–H groups in total. The smallest absolute Gasteiger partial charge is 0.245 e. The van der Waals surface area contributed by atoms with Crippen LogP contribution in [0.2, 0.25) is 5.02 Å². The summed E-state index contributed by atoms with van der Waals surface area (Å²) in [7, 11) is 1.78. The minimum Gasteiger partial charge on any atom is -0.344 e. The van der Waals surface area contributed by atoms with E-state index in [0.717, 1.165) is 11.0 Å². The molecule has 0 radical (unpaired) electrons. The number of hydrogen-bond donors (Lipinski definition) is 0. The predicted molar refractivity (Wildman–Crippen MR) is 82.3 cm³/mol. The van der Waals surface area contributed by atoms with Gasteiger partial charge in [-0.05, 0) is 32.0 Å². The molecule has 0 fully saturated rings. The van der Waals surface area contributed by atoms with E-state index in [-0.39, 0.29) is 17.8 Å². The van der Waals surface area contributed by atoms with E-state index in [4.69, 9.17) is 23.2 Å². The topological polar surface area (TPSA) is 38.1 Å². The van der Waals surface area contributed by atoms with Crippen molar-refractivity contribution in [1.29, 1.82) is 0 Å². The standard InChI is InChI=1S/C14H17Cl2N3O/c1-4-18(3)14(20)9(2)19-12-7-10(16)5-6-11(12)17-13(19)8-15/h5-7,9H,4,8H2,1-3H3. The molecule has 20 heavy (non-hydrogen) atoms. The third-order valence-electron chi connectivity index (χ3n) is 3.44. The van der Waals surface area contributed by atoms with Gasteiger partial charge in [0.2, 0.25) is 5.91 Å². The molecule has 1 aromatic heterocycles. The average Bonchev–Trinajstić information content (AvgIpc) is 2.82. The molecule has 6 heteroatoms. The highest BCUT2D eigenvalue weighted by Gasteiger charge is 2.23. The van der Waals surface area contributed by atoms with Gasteiger partial charge in [0.15, 0.2) is 0 Å². The summed E-state index contributed by atoms with van der Waals surface area (Å²) < 4.78 is 1.86. The number of hydrogen-bond acceptors (Lipinski definition) is 2. The molecule has 0 spiro atoms. The first-order chi connectivity index (χ1) is 9.49. The van der Waals surface area contributed by atoms with Crippen molar-refractivity contribution < 1.29 is 4.79 Å². The summed E-state index contributed by atoms with van der Waals surface area (Å²) in [5.74, 6) is 0.951. The lowest BCUT2D eigenvalue weighted by atomic mass is 10.2. The zero-order chi connectivity index (χ0) is 14.9. The molecule has 2 rings (SSSR count). The molecule has 1 heterocycles. The number of amides is 1. The fourth-order valence-corrected chi connectivity index (χ4v) is 2.58. The summed E-state index contributed by atoms with van der Waals surface area (Å²) in [6, 6.07) is 5.07. The van der Waals surface area contributed by atoms with Crippen LogP contribution >= 0.6 is 23.2 Å². The van der Waals surface area contributed by atoms with Gasteiger partial charge in [-0.25, -0.2) is 4.98 Å². The number of carbonyl (C=O) groups is 1. The van der Waals surface area contributed by atoms with Crippen LogP contribution in [0.1, 0.15) is 25.7 Å². The van der Waals surface area contributed by atoms with Crippen LogP contribution in [0.15, 0.2) is 18.2 Å². The highest BCUT2D eigenvalue weighted by molar-refractivity contribution is 6.31. The summed E-state index contributed by atoms with van der Waals surface area (Å²) in [5.41, 5.74) is 1.63. The van der Waals surface area contributed by atoms with Crippen LogP contribution in [-0.2, 0) is 10.7 Å². The number of likely N-dealkylation sites (N-methyl/N-ethyl adjacent to an activating group) is 1. The van der Waals surface area contributed by atoms with Gasteiger partial charge in [0.05, 0.1) is 16.9 Å². The maximum absolute atomic E-state index is 12.4. The number of benzene rings is 1. The van der Waals surface area contributed by atoms with Crippen molar-refractivity contribution in [1.82, 2.24) is 14.5 Å². The normalized spacial score (nSPS) is 12.7. The third-order valence-corrected chi connectivity index (χ3v) is 3.91. The second-order valence-corrected chi connectivity index (χ2v) is 5.40. The number of imidazole rings is 1. The number of carbonyl (C=O) groups excluding carboxylic acids is 1. The van der Waals surface area contributed by atoms with Gasteiger partial charge in [0, 0.05) is 18.6 Å². The second kappa shape index (κ2) is 6.02. The first-order valence-electron chi connectivity index (χ1n) is 6.46. The summed E-state index contributed by atoms with van der Waals surface area (Å²) in [5, 5.41) is 0.614. The van der Waals surface area contributed by atoms with Crippen LogP contribution in [0.5, 0.6) is 0 Å². The van der Waals surface area contributed by atoms with E-state index in [1.807, 2.05) is 30.5 Å². The first kappa shape index (κ1) is 15.1. The van der Waals surface area contributed by atoms with Crippen molar-refractivity contribution in [3.05, 3.63) is 29.0 Å². The van der Waals surface area contributed by atoms with Gasteiger partial charge in [0.1, 0.15) is 11.9 Å². The van der Waals surface area contributed by atoms with Crippen LogP contribution in [0, 0.1) is 0 Å². The molecule has 0 aliphatic heterocycles. The van der Waals surface area contributed by atoms with Crippen LogP contribution in [0.3, 0.4) is 0 Å². The van der Waals surface area contributed by atoms with Gasteiger partial charge >= 0.3 is 0 Å². The maximum atomic E-state index is 12.4. The lowest BCUT2D eigenvalue weighted by Gasteiger charge is -2.22. The van der Waals surface area contributed by atoms with E-state index in [2.05, 4.69) is 4.98 Å². The zero-order valence-corrected chi connectivity index (χ0v) is 13.2. The molecule has 1 unspecified atom stereocenters. The Bertz CT molecular complexity index is 639. The third kappa shape index (κ3) is 2.63. The zero-order valence-electron chi connectivity index (χ0n) is 11.7. The number of halogens is 2. The Kier molecular flexibility index (Phi) is 4.55. The molecule has 0 bridgehead atoms. The molecule has 2 aromatic rings. The Morgan fingerprint density at radius 2 is 2.20 bits per heavy atom. The van der Waals surface area contributed by atoms with E-state index >= 15 is 0 Å². The van der Waals surface area contributed by atoms with Crippen LogP contribution < -0.4 is 0 Å². The molecule has 0 saturated heterocycles. The Hall–Kier alpha value is -1.26. The largest absolute Gasteiger partial charge is 0.344 e. The number of rotatable bonds is 4. The van der Waals surface area contributed by atoms with Crippen molar-refractivity contribution in [3.63, 3.8) is 0 Å². The van der Waals surface area contributed by atoms with Gasteiger partial charge in [-0.3, -0.25) is 4.79 Å². The van der Waals surface area contributed by atoms with Gasteiger partial charge in [-0.1, -0.05) is 11.6 Å². The number of fused-ring (bicyclic) bond motifs is 1. The molecular weight excluding hydrogens is 297 g/mol. The molecule has 1 atom stereocenters. The summed E-state index contributed by atoms with van der Waals surface area (Å²) >= 11 is 12.0. The van der Waals surface area contributed by atoms with Crippen LogP contribution in [-0.4, -0.2) is 34.0 Å². The number of aromatic nitrogens is 2. The van der Waals surface area contributed by atoms with Gasteiger partial charge in [0.25, 0.3) is 0 Å². The minimum atomic E-state index is -0.364. The Labute approximate surface area is 128 Å². The van der Waals surface area contributed by atoms with E-state index in [1.165, 1.54) is 0 Å². The monoisotopic (exact) mass is 313 g/mol. The van der Waals surface area contributed by atoms with E-state index in [9.17, 15) is 4.79 Å². The molecule has 1 aromatic carbocycles. The number of nitrogens with zero attached hydrogens (tertiary/aromatic N) is 3. The van der Waals surface area contributed by atoms with Crippen molar-refractivity contribution in [2.45, 2.75) is 25.8 Å². The minimum absolute atomic E-state index is 0.0261. The Morgan fingerprint density at radius 1 is 1.50 bits per heavy atom. The van der Waals surface area contributed by atoms with Crippen molar-refractivity contribution in [2.75, 3.05) is 13.6 Å². The van der Waals surface area contributed by atoms with E-state index in [0.29, 0.717) is 17.4 Å². The van der Waals surface area contributed by atoms with E-state index in [1.54, 1.807) is 18.0 Å². The fraction of sp³-hybridized carbons (Fsp3) is 0.429. The number of alkyl halides is 1. The van der Waals surface area contributed by atoms with Crippen LogP contribution in [0.25, 0.3) is 11.0 Å².